The van der Waals surface area contributed by atoms with Crippen LogP contribution in [0, 0.1) is 17.5 Å². The molecular formula is C18H14F3N3S. The maximum absolute atomic E-state index is 13.9. The summed E-state index contributed by atoms with van der Waals surface area (Å²) in [5.74, 6) is -2.17. The van der Waals surface area contributed by atoms with Gasteiger partial charge in [0.1, 0.15) is 5.82 Å². The number of nitrogens with zero attached hydrogens (tertiary/aromatic N) is 3. The molecule has 7 heteroatoms. The zero-order valence-corrected chi connectivity index (χ0v) is 14.0. The van der Waals surface area contributed by atoms with Crippen LogP contribution < -0.4 is 0 Å². The Morgan fingerprint density at radius 2 is 1.96 bits per heavy atom. The minimum atomic E-state index is -1.12. The van der Waals surface area contributed by atoms with E-state index in [1.165, 1.54) is 0 Å². The lowest BCUT2D eigenvalue weighted by molar-refractivity contribution is 0.234. The number of halogens is 3. The number of hydrogen-bond donors (Lipinski definition) is 0. The van der Waals surface area contributed by atoms with Gasteiger partial charge in [0.2, 0.25) is 0 Å². The quantitative estimate of drug-likeness (QED) is 0.656. The molecule has 1 aliphatic rings. The first kappa shape index (κ1) is 16.2. The molecule has 0 radical (unpaired) electrons. The van der Waals surface area contributed by atoms with Gasteiger partial charge >= 0.3 is 0 Å². The molecule has 0 saturated carbocycles. The van der Waals surface area contributed by atoms with Crippen molar-refractivity contribution in [2.75, 3.05) is 6.54 Å². The van der Waals surface area contributed by atoms with Crippen LogP contribution in [0.15, 0.2) is 35.8 Å². The molecule has 3 heterocycles. The van der Waals surface area contributed by atoms with Crippen LogP contribution in [0.4, 0.5) is 13.2 Å². The molecule has 0 spiro atoms. The Kier molecular flexibility index (Phi) is 4.27. The predicted molar refractivity (Wildman–Crippen MR) is 89.5 cm³/mol. The average molecular weight is 361 g/mol. The van der Waals surface area contributed by atoms with Crippen molar-refractivity contribution in [2.45, 2.75) is 19.5 Å². The SMILES string of the molecule is Fc1ccc(F)c(CN2CCc3nc(-c4cccs4)ncc3C2)c1F. The van der Waals surface area contributed by atoms with E-state index < -0.39 is 17.5 Å². The van der Waals surface area contributed by atoms with Crippen LogP contribution in [0.1, 0.15) is 16.8 Å². The molecule has 0 N–H and O–H groups in total. The van der Waals surface area contributed by atoms with E-state index in [0.29, 0.717) is 25.3 Å². The highest BCUT2D eigenvalue weighted by atomic mass is 32.1. The van der Waals surface area contributed by atoms with E-state index in [1.807, 2.05) is 22.4 Å². The van der Waals surface area contributed by atoms with Gasteiger partial charge in [-0.2, -0.15) is 0 Å². The number of thiophene rings is 1. The van der Waals surface area contributed by atoms with E-state index in [-0.39, 0.29) is 12.1 Å². The Hall–Kier alpha value is -2.25. The van der Waals surface area contributed by atoms with Crippen molar-refractivity contribution in [1.29, 1.82) is 0 Å². The Balaban J connectivity index is 1.55. The molecule has 0 bridgehead atoms. The summed E-state index contributed by atoms with van der Waals surface area (Å²) in [4.78, 5) is 11.9. The lowest BCUT2D eigenvalue weighted by Crippen LogP contribution is -2.31. The first-order valence-electron chi connectivity index (χ1n) is 7.85. The van der Waals surface area contributed by atoms with Gasteiger partial charge in [0, 0.05) is 43.4 Å². The van der Waals surface area contributed by atoms with E-state index >= 15 is 0 Å². The Bertz CT molecular complexity index is 912. The first-order chi connectivity index (χ1) is 12.1. The van der Waals surface area contributed by atoms with Gasteiger partial charge in [-0.25, -0.2) is 23.1 Å². The third-order valence-corrected chi connectivity index (χ3v) is 5.14. The van der Waals surface area contributed by atoms with Gasteiger partial charge in [0.15, 0.2) is 17.5 Å². The van der Waals surface area contributed by atoms with E-state index in [4.69, 9.17) is 0 Å². The Labute approximate surface area is 146 Å². The van der Waals surface area contributed by atoms with Crippen molar-refractivity contribution in [1.82, 2.24) is 14.9 Å². The predicted octanol–water partition coefficient (Wildman–Crippen LogP) is 4.18. The van der Waals surface area contributed by atoms with Gasteiger partial charge in [-0.3, -0.25) is 4.90 Å². The van der Waals surface area contributed by atoms with E-state index in [2.05, 4.69) is 9.97 Å². The van der Waals surface area contributed by atoms with Crippen LogP contribution >= 0.6 is 11.3 Å². The highest BCUT2D eigenvalue weighted by Gasteiger charge is 2.22. The fourth-order valence-corrected chi connectivity index (χ4v) is 3.64. The summed E-state index contributed by atoms with van der Waals surface area (Å²) >= 11 is 1.58. The van der Waals surface area contributed by atoms with E-state index in [9.17, 15) is 13.2 Å². The zero-order chi connectivity index (χ0) is 17.4. The number of hydrogen-bond acceptors (Lipinski definition) is 4. The summed E-state index contributed by atoms with van der Waals surface area (Å²) in [7, 11) is 0. The summed E-state index contributed by atoms with van der Waals surface area (Å²) in [5, 5.41) is 1.97. The molecule has 0 unspecified atom stereocenters. The fourth-order valence-electron chi connectivity index (χ4n) is 2.97. The van der Waals surface area contributed by atoms with Crippen molar-refractivity contribution in [3.63, 3.8) is 0 Å². The van der Waals surface area contributed by atoms with Crippen LogP contribution in [0.2, 0.25) is 0 Å². The van der Waals surface area contributed by atoms with E-state index in [1.54, 1.807) is 17.5 Å². The van der Waals surface area contributed by atoms with Crippen molar-refractivity contribution in [3.8, 4) is 10.7 Å². The molecular weight excluding hydrogens is 347 g/mol. The van der Waals surface area contributed by atoms with Gasteiger partial charge in [0.05, 0.1) is 10.6 Å². The van der Waals surface area contributed by atoms with Gasteiger partial charge in [0.25, 0.3) is 0 Å². The molecule has 3 aromatic rings. The fraction of sp³-hybridized carbons (Fsp3) is 0.222. The molecule has 0 amide bonds. The third-order valence-electron chi connectivity index (χ3n) is 4.28. The molecule has 3 nitrogen and oxygen atoms in total. The smallest absolute Gasteiger partial charge is 0.169 e. The Morgan fingerprint density at radius 1 is 1.12 bits per heavy atom. The second-order valence-corrected chi connectivity index (χ2v) is 6.87. The lowest BCUT2D eigenvalue weighted by atomic mass is 10.1. The maximum atomic E-state index is 13.9. The molecule has 4 rings (SSSR count). The summed E-state index contributed by atoms with van der Waals surface area (Å²) in [6.07, 6.45) is 2.43. The van der Waals surface area contributed by atoms with Gasteiger partial charge in [-0.05, 0) is 23.6 Å². The maximum Gasteiger partial charge on any atom is 0.169 e. The lowest BCUT2D eigenvalue weighted by Gasteiger charge is -2.28. The largest absolute Gasteiger partial charge is 0.294 e. The Morgan fingerprint density at radius 3 is 2.76 bits per heavy atom. The second-order valence-electron chi connectivity index (χ2n) is 5.93. The summed E-state index contributed by atoms with van der Waals surface area (Å²) < 4.78 is 41.0. The summed E-state index contributed by atoms with van der Waals surface area (Å²) in [6.45, 7) is 1.10. The average Bonchev–Trinajstić information content (AvgIpc) is 3.16. The number of fused-ring (bicyclic) bond motifs is 1. The normalized spacial score (nSPS) is 14.5. The number of benzene rings is 1. The van der Waals surface area contributed by atoms with Crippen LogP contribution in [0.5, 0.6) is 0 Å². The van der Waals surface area contributed by atoms with Crippen LogP contribution in [-0.4, -0.2) is 21.4 Å². The van der Waals surface area contributed by atoms with Crippen molar-refractivity contribution in [3.05, 3.63) is 70.1 Å². The third kappa shape index (κ3) is 3.17. The first-order valence-corrected chi connectivity index (χ1v) is 8.73. The molecule has 1 aromatic carbocycles. The molecule has 0 fully saturated rings. The molecule has 0 saturated heterocycles. The minimum Gasteiger partial charge on any atom is -0.294 e. The highest BCUT2D eigenvalue weighted by Crippen LogP contribution is 2.26. The monoisotopic (exact) mass is 361 g/mol. The van der Waals surface area contributed by atoms with Crippen molar-refractivity contribution < 1.29 is 13.2 Å². The summed E-state index contributed by atoms with van der Waals surface area (Å²) in [6, 6.07) is 5.69. The molecule has 0 atom stereocenters. The highest BCUT2D eigenvalue weighted by molar-refractivity contribution is 7.13. The minimum absolute atomic E-state index is 0.0154. The van der Waals surface area contributed by atoms with E-state index in [0.717, 1.165) is 28.3 Å². The van der Waals surface area contributed by atoms with Crippen molar-refractivity contribution in [2.24, 2.45) is 0 Å². The van der Waals surface area contributed by atoms with Crippen LogP contribution in [0.3, 0.4) is 0 Å². The standard InChI is InChI=1S/C18H14F3N3S/c19-13-3-4-14(20)17(21)12(13)10-24-6-5-15-11(9-24)8-22-18(23-15)16-2-1-7-25-16/h1-4,7-8H,5-6,9-10H2. The topological polar surface area (TPSA) is 29.0 Å². The van der Waals surface area contributed by atoms with Crippen LogP contribution in [0.25, 0.3) is 10.7 Å². The van der Waals surface area contributed by atoms with Crippen LogP contribution in [-0.2, 0) is 19.5 Å². The zero-order valence-electron chi connectivity index (χ0n) is 13.2. The van der Waals surface area contributed by atoms with Crippen molar-refractivity contribution >= 4 is 11.3 Å². The second kappa shape index (κ2) is 6.57. The molecule has 2 aromatic heterocycles. The van der Waals surface area contributed by atoms with Gasteiger partial charge in [-0.1, -0.05) is 6.07 Å². The molecule has 25 heavy (non-hydrogen) atoms. The molecule has 128 valence electrons. The summed E-state index contributed by atoms with van der Waals surface area (Å²) in [5.41, 5.74) is 1.65. The van der Waals surface area contributed by atoms with Gasteiger partial charge < -0.3 is 0 Å². The molecule has 0 aliphatic carbocycles. The van der Waals surface area contributed by atoms with Gasteiger partial charge in [-0.15, -0.1) is 11.3 Å². The number of rotatable bonds is 3. The molecule has 1 aliphatic heterocycles. The number of aromatic nitrogens is 2.